The topological polar surface area (TPSA) is 49.3 Å². The zero-order valence-electron chi connectivity index (χ0n) is 10.8. The highest BCUT2D eigenvalue weighted by Crippen LogP contribution is 2.25. The Kier molecular flexibility index (Phi) is 4.31. The molecule has 2 N–H and O–H groups in total. The van der Waals surface area contributed by atoms with Crippen molar-refractivity contribution >= 4 is 11.6 Å². The summed E-state index contributed by atoms with van der Waals surface area (Å²) in [5.41, 5.74) is 2.00. The van der Waals surface area contributed by atoms with Gasteiger partial charge in [-0.2, -0.15) is 0 Å². The molecule has 0 radical (unpaired) electrons. The Morgan fingerprint density at radius 1 is 1.11 bits per heavy atom. The average molecular weight is 255 g/mol. The van der Waals surface area contributed by atoms with Gasteiger partial charge in [-0.25, -0.2) is 0 Å². The molecule has 0 aromatic heterocycles. The van der Waals surface area contributed by atoms with E-state index in [9.17, 15) is 9.90 Å². The highest BCUT2D eigenvalue weighted by atomic mass is 16.3. The molecule has 98 valence electrons. The molecule has 1 amide bonds. The van der Waals surface area contributed by atoms with E-state index in [-0.39, 0.29) is 5.91 Å². The third kappa shape index (κ3) is 3.20. The van der Waals surface area contributed by atoms with Crippen molar-refractivity contribution in [2.45, 2.75) is 19.4 Å². The molecule has 2 rings (SSSR count). The summed E-state index contributed by atoms with van der Waals surface area (Å²) in [6.07, 6.45) is 0.0466. The number of carbonyl (C=O) groups excluding carboxylic acids is 1. The summed E-state index contributed by atoms with van der Waals surface area (Å²) >= 11 is 0. The molecule has 0 saturated heterocycles. The number of rotatable bonds is 4. The molecule has 3 heteroatoms. The lowest BCUT2D eigenvalue weighted by Gasteiger charge is -2.14. The quantitative estimate of drug-likeness (QED) is 0.879. The van der Waals surface area contributed by atoms with Crippen molar-refractivity contribution in [1.29, 1.82) is 0 Å². The van der Waals surface area contributed by atoms with Gasteiger partial charge in [0.05, 0.1) is 6.10 Å². The minimum Gasteiger partial charge on any atom is -0.388 e. The Morgan fingerprint density at radius 3 is 2.42 bits per heavy atom. The second kappa shape index (κ2) is 6.16. The van der Waals surface area contributed by atoms with Crippen LogP contribution in [0.2, 0.25) is 0 Å². The molecule has 1 atom stereocenters. The Balaban J connectivity index is 2.22. The van der Waals surface area contributed by atoms with Gasteiger partial charge in [-0.3, -0.25) is 4.79 Å². The molecule has 0 aliphatic rings. The van der Waals surface area contributed by atoms with Crippen LogP contribution in [-0.2, 0) is 0 Å². The predicted molar refractivity (Wildman–Crippen MR) is 76.1 cm³/mol. The molecule has 0 spiro atoms. The van der Waals surface area contributed by atoms with E-state index in [2.05, 4.69) is 5.32 Å². The molecule has 0 heterocycles. The zero-order valence-corrected chi connectivity index (χ0v) is 10.8. The van der Waals surface area contributed by atoms with Crippen molar-refractivity contribution < 1.29 is 9.90 Å². The van der Waals surface area contributed by atoms with Crippen LogP contribution in [0.15, 0.2) is 54.6 Å². The number of aliphatic hydroxyl groups is 1. The third-order valence-corrected chi connectivity index (χ3v) is 2.99. The molecule has 0 aliphatic carbocycles. The van der Waals surface area contributed by atoms with Gasteiger partial charge in [0.2, 0.25) is 0 Å². The van der Waals surface area contributed by atoms with Crippen LogP contribution >= 0.6 is 0 Å². The summed E-state index contributed by atoms with van der Waals surface area (Å²) < 4.78 is 0. The van der Waals surface area contributed by atoms with Crippen LogP contribution in [-0.4, -0.2) is 11.0 Å². The third-order valence-electron chi connectivity index (χ3n) is 2.99. The number of nitrogens with one attached hydrogen (secondary N) is 1. The van der Waals surface area contributed by atoms with Crippen LogP contribution in [0.4, 0.5) is 5.69 Å². The van der Waals surface area contributed by atoms with Crippen LogP contribution in [0.25, 0.3) is 0 Å². The van der Waals surface area contributed by atoms with Gasteiger partial charge in [-0.05, 0) is 24.6 Å². The van der Waals surface area contributed by atoms with Crippen molar-refractivity contribution in [2.24, 2.45) is 0 Å². The number of amides is 1. The van der Waals surface area contributed by atoms with Crippen molar-refractivity contribution in [1.82, 2.24) is 0 Å². The summed E-state index contributed by atoms with van der Waals surface area (Å²) in [6, 6.07) is 16.3. The second-order valence-electron chi connectivity index (χ2n) is 4.33. The maximum atomic E-state index is 12.1. The van der Waals surface area contributed by atoms with E-state index in [1.807, 2.05) is 43.3 Å². The lowest BCUT2D eigenvalue weighted by Crippen LogP contribution is -2.14. The number of hydrogen-bond acceptors (Lipinski definition) is 2. The Hall–Kier alpha value is -2.13. The summed E-state index contributed by atoms with van der Waals surface area (Å²) in [4.78, 5) is 12.1. The van der Waals surface area contributed by atoms with Crippen molar-refractivity contribution in [3.8, 4) is 0 Å². The summed E-state index contributed by atoms with van der Waals surface area (Å²) in [5, 5.41) is 12.8. The number of aliphatic hydroxyl groups excluding tert-OH is 1. The second-order valence-corrected chi connectivity index (χ2v) is 4.33. The normalized spacial score (nSPS) is 11.9. The van der Waals surface area contributed by atoms with E-state index in [0.29, 0.717) is 17.7 Å². The molecule has 3 nitrogen and oxygen atoms in total. The molecule has 19 heavy (non-hydrogen) atoms. The van der Waals surface area contributed by atoms with Crippen molar-refractivity contribution in [2.75, 3.05) is 5.32 Å². The summed E-state index contributed by atoms with van der Waals surface area (Å²) in [5.74, 6) is -0.170. The van der Waals surface area contributed by atoms with Gasteiger partial charge in [0.15, 0.2) is 0 Å². The molecule has 0 fully saturated rings. The van der Waals surface area contributed by atoms with Gasteiger partial charge < -0.3 is 10.4 Å². The fourth-order valence-electron chi connectivity index (χ4n) is 1.91. The average Bonchev–Trinajstić information content (AvgIpc) is 2.48. The maximum Gasteiger partial charge on any atom is 0.255 e. The largest absolute Gasteiger partial charge is 0.388 e. The number of benzene rings is 2. The highest BCUT2D eigenvalue weighted by Gasteiger charge is 2.12. The predicted octanol–water partition coefficient (Wildman–Crippen LogP) is 3.38. The van der Waals surface area contributed by atoms with E-state index < -0.39 is 6.10 Å². The van der Waals surface area contributed by atoms with Gasteiger partial charge in [-0.15, -0.1) is 0 Å². The Labute approximate surface area is 112 Å². The molecule has 1 unspecified atom stereocenters. The van der Waals surface area contributed by atoms with Crippen molar-refractivity contribution in [3.05, 3.63) is 65.7 Å². The number of hydrogen-bond donors (Lipinski definition) is 2. The lowest BCUT2D eigenvalue weighted by atomic mass is 10.0. The molecule has 0 saturated carbocycles. The van der Waals surface area contributed by atoms with Crippen molar-refractivity contribution in [3.63, 3.8) is 0 Å². The van der Waals surface area contributed by atoms with Gasteiger partial charge in [0.25, 0.3) is 5.91 Å². The lowest BCUT2D eigenvalue weighted by molar-refractivity contribution is 0.102. The van der Waals surface area contributed by atoms with Crippen LogP contribution < -0.4 is 5.32 Å². The van der Waals surface area contributed by atoms with Crippen LogP contribution in [0, 0.1) is 0 Å². The number of para-hydroxylation sites is 1. The maximum absolute atomic E-state index is 12.1. The van der Waals surface area contributed by atoms with Crippen LogP contribution in [0.1, 0.15) is 35.4 Å². The monoisotopic (exact) mass is 255 g/mol. The van der Waals surface area contributed by atoms with E-state index in [1.165, 1.54) is 0 Å². The van der Waals surface area contributed by atoms with Crippen LogP contribution in [0.3, 0.4) is 0 Å². The minimum absolute atomic E-state index is 0.170. The standard InChI is InChI=1S/C16H17NO2/c1-2-15(18)13-10-6-7-11-14(13)17-16(19)12-8-4-3-5-9-12/h3-11,15,18H,2H2,1H3,(H,17,19). The molecule has 2 aromatic rings. The van der Waals surface area contributed by atoms with Crippen LogP contribution in [0.5, 0.6) is 0 Å². The molecule has 0 bridgehead atoms. The van der Waals surface area contributed by atoms with E-state index >= 15 is 0 Å². The summed E-state index contributed by atoms with van der Waals surface area (Å²) in [7, 11) is 0. The van der Waals surface area contributed by atoms with Gasteiger partial charge in [-0.1, -0.05) is 43.3 Å². The van der Waals surface area contributed by atoms with E-state index in [1.54, 1.807) is 18.2 Å². The first kappa shape index (κ1) is 13.3. The van der Waals surface area contributed by atoms with Gasteiger partial charge >= 0.3 is 0 Å². The molecule has 0 aliphatic heterocycles. The molecular formula is C16H17NO2. The minimum atomic E-state index is -0.563. The van der Waals surface area contributed by atoms with E-state index in [4.69, 9.17) is 0 Å². The smallest absolute Gasteiger partial charge is 0.255 e. The molecular weight excluding hydrogens is 238 g/mol. The Bertz CT molecular complexity index is 552. The van der Waals surface area contributed by atoms with Gasteiger partial charge in [0.1, 0.15) is 0 Å². The summed E-state index contributed by atoms with van der Waals surface area (Å²) in [6.45, 7) is 1.90. The van der Waals surface area contributed by atoms with E-state index in [0.717, 1.165) is 5.56 Å². The number of carbonyl (C=O) groups is 1. The fourth-order valence-corrected chi connectivity index (χ4v) is 1.91. The first-order valence-electron chi connectivity index (χ1n) is 6.35. The number of anilines is 1. The fraction of sp³-hybridized carbons (Fsp3) is 0.188. The first-order valence-corrected chi connectivity index (χ1v) is 6.35. The molecule has 2 aromatic carbocycles. The zero-order chi connectivity index (χ0) is 13.7. The Morgan fingerprint density at radius 2 is 1.74 bits per heavy atom. The van der Waals surface area contributed by atoms with Gasteiger partial charge in [0, 0.05) is 16.8 Å². The highest BCUT2D eigenvalue weighted by molar-refractivity contribution is 6.04. The SMILES string of the molecule is CCC(O)c1ccccc1NC(=O)c1ccccc1. The first-order chi connectivity index (χ1) is 9.22.